The lowest BCUT2D eigenvalue weighted by molar-refractivity contribution is 0.0516. The zero-order valence-corrected chi connectivity index (χ0v) is 17.3. The maximum absolute atomic E-state index is 12.5. The second kappa shape index (κ2) is 9.04. The monoisotopic (exact) mass is 404 g/mol. The molecule has 0 saturated heterocycles. The van der Waals surface area contributed by atoms with E-state index in [1.165, 1.54) is 0 Å². The lowest BCUT2D eigenvalue weighted by atomic mass is 10.0. The SMILES string of the molecule is [C-]#[N+]c1c(-c2ccc(CCOS(C)(=O)=O)cc2)c(C(=O)OCC)n(C)c1CC. The van der Waals surface area contributed by atoms with E-state index in [0.717, 1.165) is 23.1 Å². The minimum Gasteiger partial charge on any atom is -0.461 e. The van der Waals surface area contributed by atoms with Gasteiger partial charge in [-0.05, 0) is 30.9 Å². The Balaban J connectivity index is 2.43. The first-order valence-electron chi connectivity index (χ1n) is 8.93. The van der Waals surface area contributed by atoms with Gasteiger partial charge in [0.05, 0.1) is 26.0 Å². The minimum absolute atomic E-state index is 0.0604. The van der Waals surface area contributed by atoms with Gasteiger partial charge in [0.2, 0.25) is 5.69 Å². The van der Waals surface area contributed by atoms with Gasteiger partial charge in [0.15, 0.2) is 0 Å². The first-order chi connectivity index (χ1) is 13.2. The van der Waals surface area contributed by atoms with Crippen molar-refractivity contribution in [2.24, 2.45) is 7.05 Å². The number of hydrogen-bond donors (Lipinski definition) is 0. The van der Waals surface area contributed by atoms with Gasteiger partial charge in [0.1, 0.15) is 5.69 Å². The van der Waals surface area contributed by atoms with Crippen LogP contribution in [0.15, 0.2) is 24.3 Å². The summed E-state index contributed by atoms with van der Waals surface area (Å²) < 4.78 is 33.8. The van der Waals surface area contributed by atoms with Gasteiger partial charge in [-0.1, -0.05) is 31.2 Å². The Morgan fingerprint density at radius 3 is 2.36 bits per heavy atom. The predicted molar refractivity (Wildman–Crippen MR) is 107 cm³/mol. The highest BCUT2D eigenvalue weighted by Crippen LogP contribution is 2.39. The van der Waals surface area contributed by atoms with E-state index in [9.17, 15) is 13.2 Å². The Morgan fingerprint density at radius 1 is 1.21 bits per heavy atom. The standard InChI is InChI=1S/C20H24N2O5S/c1-6-16-18(21-3)17(19(22(16)4)20(23)26-7-2)15-10-8-14(9-11-15)12-13-27-28(5,24)25/h8-11H,6-7,12-13H2,1-2,4-5H3. The molecule has 0 atom stereocenters. The molecule has 0 amide bonds. The predicted octanol–water partition coefficient (Wildman–Crippen LogP) is 3.50. The van der Waals surface area contributed by atoms with E-state index in [2.05, 4.69) is 4.85 Å². The maximum Gasteiger partial charge on any atom is 0.354 e. The van der Waals surface area contributed by atoms with Crippen molar-refractivity contribution in [3.8, 4) is 11.1 Å². The zero-order valence-electron chi connectivity index (χ0n) is 16.5. The van der Waals surface area contributed by atoms with Crippen LogP contribution in [-0.4, -0.2) is 38.4 Å². The van der Waals surface area contributed by atoms with Gasteiger partial charge in [-0.3, -0.25) is 4.18 Å². The van der Waals surface area contributed by atoms with Crippen molar-refractivity contribution in [3.63, 3.8) is 0 Å². The number of nitrogens with zero attached hydrogens (tertiary/aromatic N) is 2. The van der Waals surface area contributed by atoms with Gasteiger partial charge in [-0.25, -0.2) is 9.64 Å². The largest absolute Gasteiger partial charge is 0.461 e. The number of hydrogen-bond acceptors (Lipinski definition) is 5. The summed E-state index contributed by atoms with van der Waals surface area (Å²) in [6, 6.07) is 7.31. The number of ether oxygens (including phenoxy) is 1. The summed E-state index contributed by atoms with van der Waals surface area (Å²) in [5.74, 6) is -0.463. The number of benzene rings is 1. The highest BCUT2D eigenvalue weighted by Gasteiger charge is 2.26. The van der Waals surface area contributed by atoms with Crippen molar-refractivity contribution < 1.29 is 22.1 Å². The number of carbonyl (C=O) groups excluding carboxylic acids is 1. The molecule has 8 heteroatoms. The first-order valence-corrected chi connectivity index (χ1v) is 10.7. The molecule has 0 fully saturated rings. The van der Waals surface area contributed by atoms with E-state index in [1.54, 1.807) is 18.5 Å². The summed E-state index contributed by atoms with van der Waals surface area (Å²) in [4.78, 5) is 16.2. The van der Waals surface area contributed by atoms with Crippen LogP contribution in [-0.2, 0) is 38.9 Å². The van der Waals surface area contributed by atoms with Crippen molar-refractivity contribution in [2.45, 2.75) is 26.7 Å². The van der Waals surface area contributed by atoms with E-state index < -0.39 is 16.1 Å². The molecule has 28 heavy (non-hydrogen) atoms. The third-order valence-electron chi connectivity index (χ3n) is 4.33. The lowest BCUT2D eigenvalue weighted by Crippen LogP contribution is -2.12. The van der Waals surface area contributed by atoms with Crippen molar-refractivity contribution in [2.75, 3.05) is 19.5 Å². The second-order valence-electron chi connectivity index (χ2n) is 6.24. The highest BCUT2D eigenvalue weighted by molar-refractivity contribution is 7.85. The van der Waals surface area contributed by atoms with Gasteiger partial charge in [-0.2, -0.15) is 8.42 Å². The molecular weight excluding hydrogens is 380 g/mol. The Morgan fingerprint density at radius 2 is 1.86 bits per heavy atom. The molecule has 0 N–H and O–H groups in total. The molecule has 0 aliphatic heterocycles. The van der Waals surface area contributed by atoms with Crippen molar-refractivity contribution >= 4 is 21.8 Å². The summed E-state index contributed by atoms with van der Waals surface area (Å²) in [5.41, 5.74) is 3.77. The highest BCUT2D eigenvalue weighted by atomic mass is 32.2. The Labute approximate surface area is 165 Å². The number of rotatable bonds is 8. The van der Waals surface area contributed by atoms with Gasteiger partial charge >= 0.3 is 5.97 Å². The molecule has 0 aliphatic carbocycles. The summed E-state index contributed by atoms with van der Waals surface area (Å²) in [5, 5.41) is 0. The lowest BCUT2D eigenvalue weighted by Gasteiger charge is -2.09. The molecule has 7 nitrogen and oxygen atoms in total. The Bertz CT molecular complexity index is 999. The molecule has 2 aromatic rings. The van der Waals surface area contributed by atoms with Crippen LogP contribution in [0.4, 0.5) is 5.69 Å². The fourth-order valence-corrected chi connectivity index (χ4v) is 3.49. The Hall–Kier alpha value is -2.63. The molecule has 0 spiro atoms. The van der Waals surface area contributed by atoms with Crippen LogP contribution >= 0.6 is 0 Å². The van der Waals surface area contributed by atoms with Crippen LogP contribution in [0.2, 0.25) is 0 Å². The van der Waals surface area contributed by atoms with Crippen molar-refractivity contribution in [3.05, 3.63) is 52.6 Å². The van der Waals surface area contributed by atoms with Gasteiger partial charge in [-0.15, -0.1) is 0 Å². The molecule has 0 aliphatic rings. The fourth-order valence-electron chi connectivity index (χ4n) is 3.10. The van der Waals surface area contributed by atoms with E-state index in [4.69, 9.17) is 15.5 Å². The third-order valence-corrected chi connectivity index (χ3v) is 4.93. The number of esters is 1. The molecule has 150 valence electrons. The van der Waals surface area contributed by atoms with Crippen LogP contribution in [0.25, 0.3) is 16.0 Å². The van der Waals surface area contributed by atoms with Crippen LogP contribution in [0.1, 0.15) is 35.6 Å². The molecule has 0 bridgehead atoms. The fraction of sp³-hybridized carbons (Fsp3) is 0.400. The van der Waals surface area contributed by atoms with E-state index in [-0.39, 0.29) is 13.2 Å². The normalized spacial score (nSPS) is 11.2. The molecule has 1 aromatic heterocycles. The molecule has 0 radical (unpaired) electrons. The molecule has 0 unspecified atom stereocenters. The summed E-state index contributed by atoms with van der Waals surface area (Å²) in [6.45, 7) is 11.6. The van der Waals surface area contributed by atoms with Gasteiger partial charge < -0.3 is 9.30 Å². The summed E-state index contributed by atoms with van der Waals surface area (Å²) >= 11 is 0. The van der Waals surface area contributed by atoms with E-state index in [0.29, 0.717) is 29.8 Å². The van der Waals surface area contributed by atoms with Gasteiger partial charge in [0, 0.05) is 18.3 Å². The van der Waals surface area contributed by atoms with E-state index in [1.807, 2.05) is 31.2 Å². The van der Waals surface area contributed by atoms with Crippen molar-refractivity contribution in [1.82, 2.24) is 4.57 Å². The molecule has 0 saturated carbocycles. The zero-order chi connectivity index (χ0) is 20.9. The quantitative estimate of drug-likeness (QED) is 0.382. The second-order valence-corrected chi connectivity index (χ2v) is 7.88. The average Bonchev–Trinajstić information content (AvgIpc) is 2.93. The molecule has 2 rings (SSSR count). The third kappa shape index (κ3) is 4.80. The molecular formula is C20H24N2O5S. The molecule has 1 aromatic carbocycles. The van der Waals surface area contributed by atoms with Crippen molar-refractivity contribution in [1.29, 1.82) is 0 Å². The van der Waals surface area contributed by atoms with Crippen LogP contribution in [0, 0.1) is 6.57 Å². The molecule has 1 heterocycles. The van der Waals surface area contributed by atoms with Crippen LogP contribution in [0.3, 0.4) is 0 Å². The van der Waals surface area contributed by atoms with E-state index >= 15 is 0 Å². The van der Waals surface area contributed by atoms with Crippen LogP contribution in [0.5, 0.6) is 0 Å². The summed E-state index contributed by atoms with van der Waals surface area (Å²) in [7, 11) is -1.70. The van der Waals surface area contributed by atoms with Crippen LogP contribution < -0.4 is 0 Å². The average molecular weight is 404 g/mol. The Kier molecular flexibility index (Phi) is 7.00. The smallest absolute Gasteiger partial charge is 0.354 e. The van der Waals surface area contributed by atoms with Gasteiger partial charge in [0.25, 0.3) is 10.1 Å². The minimum atomic E-state index is -3.47. The maximum atomic E-state index is 12.5. The summed E-state index contributed by atoms with van der Waals surface area (Å²) in [6.07, 6.45) is 2.06. The topological polar surface area (TPSA) is 79.0 Å². The number of carbonyl (C=O) groups is 1. The first kappa shape index (κ1) is 21.7. The number of aromatic nitrogens is 1.